The number of piperidine rings is 1. The van der Waals surface area contributed by atoms with E-state index in [2.05, 4.69) is 16.5 Å². The molecule has 1 heterocycles. The summed E-state index contributed by atoms with van der Waals surface area (Å²) in [7, 11) is -3.76. The molecule has 0 aromatic heterocycles. The average molecular weight is 435 g/mol. The number of rotatable bonds is 7. The van der Waals surface area contributed by atoms with Crippen LogP contribution in [0.5, 0.6) is 0 Å². The maximum Gasteiger partial charge on any atom is 0.261 e. The smallest absolute Gasteiger partial charge is 0.261 e. The standard InChI is InChI=1S/C23H28F2N2O2S/c1-2-13-27-14-3-4-19(16-27)17-5-9-20(10-6-17)26-30(28,29)21-11-7-18(8-12-21)22-15-23(22,24)25/h5-12,19,22,26H,2-4,13-16H2,1H3. The maximum atomic E-state index is 13.2. The van der Waals surface area contributed by atoms with Gasteiger partial charge in [-0.1, -0.05) is 31.2 Å². The normalized spacial score (nSPS) is 23.8. The number of alkyl halides is 2. The van der Waals surface area contributed by atoms with E-state index >= 15 is 0 Å². The van der Waals surface area contributed by atoms with Gasteiger partial charge in [0, 0.05) is 18.7 Å². The second-order valence-corrected chi connectivity index (χ2v) is 10.1. The molecule has 2 aliphatic rings. The molecule has 2 atom stereocenters. The fourth-order valence-corrected chi connectivity index (χ4v) is 5.40. The molecule has 1 saturated carbocycles. The molecule has 162 valence electrons. The van der Waals surface area contributed by atoms with Crippen molar-refractivity contribution >= 4 is 15.7 Å². The molecule has 1 aliphatic heterocycles. The Labute approximate surface area is 177 Å². The summed E-state index contributed by atoms with van der Waals surface area (Å²) in [6, 6.07) is 13.3. The number of halogens is 2. The Kier molecular flexibility index (Phi) is 5.86. The minimum atomic E-state index is -3.76. The minimum Gasteiger partial charge on any atom is -0.303 e. The number of nitrogens with one attached hydrogen (secondary N) is 1. The van der Waals surface area contributed by atoms with Crippen LogP contribution in [0.3, 0.4) is 0 Å². The molecule has 4 rings (SSSR count). The summed E-state index contributed by atoms with van der Waals surface area (Å²) < 4.78 is 54.3. The Morgan fingerprint density at radius 1 is 1.07 bits per heavy atom. The van der Waals surface area contributed by atoms with Gasteiger partial charge in [0.2, 0.25) is 0 Å². The van der Waals surface area contributed by atoms with Crippen LogP contribution in [0.2, 0.25) is 0 Å². The largest absolute Gasteiger partial charge is 0.303 e. The van der Waals surface area contributed by atoms with Crippen LogP contribution in [-0.4, -0.2) is 38.9 Å². The first-order valence-corrected chi connectivity index (χ1v) is 12.1. The van der Waals surface area contributed by atoms with Gasteiger partial charge < -0.3 is 4.90 Å². The molecule has 0 amide bonds. The van der Waals surface area contributed by atoms with Crippen LogP contribution < -0.4 is 4.72 Å². The van der Waals surface area contributed by atoms with Crippen LogP contribution in [0.25, 0.3) is 0 Å². The fraction of sp³-hybridized carbons (Fsp3) is 0.478. The molecule has 7 heteroatoms. The van der Waals surface area contributed by atoms with Crippen molar-refractivity contribution in [1.82, 2.24) is 4.90 Å². The molecule has 0 spiro atoms. The Morgan fingerprint density at radius 2 is 1.70 bits per heavy atom. The number of anilines is 1. The lowest BCUT2D eigenvalue weighted by atomic mass is 9.90. The van der Waals surface area contributed by atoms with E-state index < -0.39 is 21.9 Å². The quantitative estimate of drug-likeness (QED) is 0.652. The highest BCUT2D eigenvalue weighted by Crippen LogP contribution is 2.55. The summed E-state index contributed by atoms with van der Waals surface area (Å²) in [5.74, 6) is -2.97. The zero-order valence-corrected chi connectivity index (χ0v) is 18.0. The summed E-state index contributed by atoms with van der Waals surface area (Å²) in [4.78, 5) is 2.56. The van der Waals surface area contributed by atoms with E-state index in [0.717, 1.165) is 32.5 Å². The van der Waals surface area contributed by atoms with Gasteiger partial charge in [-0.15, -0.1) is 0 Å². The second-order valence-electron chi connectivity index (χ2n) is 8.45. The molecule has 1 N–H and O–H groups in total. The summed E-state index contributed by atoms with van der Waals surface area (Å²) in [5.41, 5.74) is 2.21. The Hall–Kier alpha value is -1.99. The van der Waals surface area contributed by atoms with Crippen LogP contribution in [0, 0.1) is 0 Å². The van der Waals surface area contributed by atoms with Crippen molar-refractivity contribution in [1.29, 1.82) is 0 Å². The Balaban J connectivity index is 1.41. The molecule has 2 aromatic rings. The predicted octanol–water partition coefficient (Wildman–Crippen LogP) is 5.20. The van der Waals surface area contributed by atoms with E-state index in [1.54, 1.807) is 12.1 Å². The van der Waals surface area contributed by atoms with Crippen molar-refractivity contribution in [2.24, 2.45) is 0 Å². The van der Waals surface area contributed by atoms with Gasteiger partial charge in [0.25, 0.3) is 15.9 Å². The molecule has 0 bridgehead atoms. The highest BCUT2D eigenvalue weighted by Gasteiger charge is 2.57. The number of hydrogen-bond donors (Lipinski definition) is 1. The molecule has 0 radical (unpaired) electrons. The van der Waals surface area contributed by atoms with Gasteiger partial charge in [-0.2, -0.15) is 0 Å². The van der Waals surface area contributed by atoms with Crippen molar-refractivity contribution < 1.29 is 17.2 Å². The highest BCUT2D eigenvalue weighted by atomic mass is 32.2. The van der Waals surface area contributed by atoms with Gasteiger partial charge in [0.15, 0.2) is 0 Å². The molecular weight excluding hydrogens is 406 g/mol. The predicted molar refractivity (Wildman–Crippen MR) is 115 cm³/mol. The van der Waals surface area contributed by atoms with Crippen LogP contribution >= 0.6 is 0 Å². The molecule has 4 nitrogen and oxygen atoms in total. The first-order valence-electron chi connectivity index (χ1n) is 10.6. The number of hydrogen-bond acceptors (Lipinski definition) is 3. The minimum absolute atomic E-state index is 0.0711. The lowest BCUT2D eigenvalue weighted by molar-refractivity contribution is 0.112. The maximum absolute atomic E-state index is 13.2. The average Bonchev–Trinajstić information content (AvgIpc) is 3.37. The van der Waals surface area contributed by atoms with Crippen molar-refractivity contribution in [3.63, 3.8) is 0 Å². The topological polar surface area (TPSA) is 49.4 Å². The van der Waals surface area contributed by atoms with Crippen molar-refractivity contribution in [3.05, 3.63) is 59.7 Å². The molecule has 1 aliphatic carbocycles. The Bertz CT molecular complexity index is 973. The summed E-state index contributed by atoms with van der Waals surface area (Å²) in [6.07, 6.45) is 3.32. The van der Waals surface area contributed by atoms with Gasteiger partial charge >= 0.3 is 0 Å². The third-order valence-electron chi connectivity index (χ3n) is 6.10. The molecule has 2 aromatic carbocycles. The van der Waals surface area contributed by atoms with Crippen LogP contribution in [0.15, 0.2) is 53.4 Å². The number of sulfonamides is 1. The highest BCUT2D eigenvalue weighted by molar-refractivity contribution is 7.92. The number of nitrogens with zero attached hydrogens (tertiary/aromatic N) is 1. The van der Waals surface area contributed by atoms with E-state index in [1.807, 2.05) is 12.1 Å². The van der Waals surface area contributed by atoms with E-state index in [0.29, 0.717) is 17.2 Å². The van der Waals surface area contributed by atoms with Crippen molar-refractivity contribution in [2.45, 2.75) is 55.3 Å². The molecule has 30 heavy (non-hydrogen) atoms. The summed E-state index contributed by atoms with van der Waals surface area (Å²) in [5, 5.41) is 0. The fourth-order valence-electron chi connectivity index (χ4n) is 4.34. The molecular formula is C23H28F2N2O2S. The van der Waals surface area contributed by atoms with Crippen LogP contribution in [-0.2, 0) is 10.0 Å². The second kappa shape index (κ2) is 8.27. The van der Waals surface area contributed by atoms with Crippen molar-refractivity contribution in [2.75, 3.05) is 24.4 Å². The number of likely N-dealkylation sites (tertiary alicyclic amines) is 1. The zero-order valence-electron chi connectivity index (χ0n) is 17.2. The van der Waals surface area contributed by atoms with Gasteiger partial charge in [-0.05, 0) is 73.7 Å². The molecule has 1 saturated heterocycles. The summed E-state index contributed by atoms with van der Waals surface area (Å²) >= 11 is 0. The SMILES string of the molecule is CCCN1CCCC(c2ccc(NS(=O)(=O)c3ccc(C4CC4(F)F)cc3)cc2)C1. The third kappa shape index (κ3) is 4.67. The van der Waals surface area contributed by atoms with Crippen LogP contribution in [0.1, 0.15) is 55.6 Å². The van der Waals surface area contributed by atoms with E-state index in [9.17, 15) is 17.2 Å². The van der Waals surface area contributed by atoms with Gasteiger partial charge in [-0.3, -0.25) is 4.72 Å². The van der Waals surface area contributed by atoms with Gasteiger partial charge in [-0.25, -0.2) is 17.2 Å². The summed E-state index contributed by atoms with van der Waals surface area (Å²) in [6.45, 7) is 5.51. The van der Waals surface area contributed by atoms with Crippen molar-refractivity contribution in [3.8, 4) is 0 Å². The number of benzene rings is 2. The monoisotopic (exact) mass is 434 g/mol. The van der Waals surface area contributed by atoms with E-state index in [1.165, 1.54) is 36.2 Å². The van der Waals surface area contributed by atoms with Crippen LogP contribution in [0.4, 0.5) is 14.5 Å². The van der Waals surface area contributed by atoms with E-state index in [4.69, 9.17) is 0 Å². The van der Waals surface area contributed by atoms with Gasteiger partial charge in [0.1, 0.15) is 0 Å². The molecule has 2 fully saturated rings. The first-order chi connectivity index (χ1) is 14.3. The van der Waals surface area contributed by atoms with Gasteiger partial charge in [0.05, 0.1) is 10.8 Å². The lowest BCUT2D eigenvalue weighted by Crippen LogP contribution is -2.34. The third-order valence-corrected chi connectivity index (χ3v) is 7.50. The molecule has 2 unspecified atom stereocenters. The zero-order chi connectivity index (χ0) is 21.4. The first kappa shape index (κ1) is 21.2. The van der Waals surface area contributed by atoms with E-state index in [-0.39, 0.29) is 11.3 Å². The lowest BCUT2D eigenvalue weighted by Gasteiger charge is -2.32. The Morgan fingerprint density at radius 3 is 2.30 bits per heavy atom.